The molecule has 1 saturated carbocycles. The van der Waals surface area contributed by atoms with Crippen molar-refractivity contribution < 1.29 is 9.90 Å². The SMILES string of the molecule is NC(CC(=O)N(CCO)C1CCCCC1)c1ccccc1. The summed E-state index contributed by atoms with van der Waals surface area (Å²) in [6.45, 7) is 0.438. The van der Waals surface area contributed by atoms with Crippen molar-refractivity contribution in [3.8, 4) is 0 Å². The summed E-state index contributed by atoms with van der Waals surface area (Å²) in [5.41, 5.74) is 7.13. The average molecular weight is 290 g/mol. The lowest BCUT2D eigenvalue weighted by molar-refractivity contribution is -0.135. The minimum Gasteiger partial charge on any atom is -0.395 e. The quantitative estimate of drug-likeness (QED) is 0.844. The van der Waals surface area contributed by atoms with Crippen molar-refractivity contribution in [1.29, 1.82) is 0 Å². The van der Waals surface area contributed by atoms with Gasteiger partial charge < -0.3 is 15.7 Å². The van der Waals surface area contributed by atoms with E-state index in [0.717, 1.165) is 18.4 Å². The third kappa shape index (κ3) is 4.55. The number of carbonyl (C=O) groups excluding carboxylic acids is 1. The second-order valence-corrected chi connectivity index (χ2v) is 5.82. The lowest BCUT2D eigenvalue weighted by Gasteiger charge is -2.34. The van der Waals surface area contributed by atoms with Crippen LogP contribution in [0.25, 0.3) is 0 Å². The summed E-state index contributed by atoms with van der Waals surface area (Å²) in [6.07, 6.45) is 6.00. The Morgan fingerprint density at radius 1 is 1.24 bits per heavy atom. The predicted octanol–water partition coefficient (Wildman–Crippen LogP) is 2.23. The minimum atomic E-state index is -0.275. The first-order valence-electron chi connectivity index (χ1n) is 7.93. The molecule has 1 aliphatic carbocycles. The molecule has 0 aliphatic heterocycles. The average Bonchev–Trinajstić information content (AvgIpc) is 2.54. The molecule has 2 rings (SSSR count). The molecule has 1 unspecified atom stereocenters. The maximum absolute atomic E-state index is 12.6. The van der Waals surface area contributed by atoms with Crippen molar-refractivity contribution in [3.05, 3.63) is 35.9 Å². The second kappa shape index (κ2) is 8.15. The van der Waals surface area contributed by atoms with Gasteiger partial charge in [0, 0.05) is 25.0 Å². The summed E-state index contributed by atoms with van der Waals surface area (Å²) in [4.78, 5) is 14.4. The maximum Gasteiger partial charge on any atom is 0.224 e. The van der Waals surface area contributed by atoms with Crippen LogP contribution in [0.2, 0.25) is 0 Å². The Bertz CT molecular complexity index is 430. The normalized spacial score (nSPS) is 17.4. The van der Waals surface area contributed by atoms with Gasteiger partial charge in [0.25, 0.3) is 0 Å². The van der Waals surface area contributed by atoms with E-state index in [9.17, 15) is 9.90 Å². The van der Waals surface area contributed by atoms with Gasteiger partial charge in [-0.3, -0.25) is 4.79 Å². The van der Waals surface area contributed by atoms with Gasteiger partial charge in [-0.1, -0.05) is 49.6 Å². The van der Waals surface area contributed by atoms with Crippen LogP contribution in [0.15, 0.2) is 30.3 Å². The number of hydrogen-bond donors (Lipinski definition) is 2. The molecule has 1 atom stereocenters. The van der Waals surface area contributed by atoms with Crippen LogP contribution in [0.4, 0.5) is 0 Å². The maximum atomic E-state index is 12.6. The molecule has 1 fully saturated rings. The molecule has 4 heteroatoms. The van der Waals surface area contributed by atoms with Crippen molar-refractivity contribution in [2.45, 2.75) is 50.6 Å². The summed E-state index contributed by atoms with van der Waals surface area (Å²) in [6, 6.07) is 9.73. The van der Waals surface area contributed by atoms with Crippen LogP contribution in [0, 0.1) is 0 Å². The second-order valence-electron chi connectivity index (χ2n) is 5.82. The monoisotopic (exact) mass is 290 g/mol. The van der Waals surface area contributed by atoms with Crippen LogP contribution in [-0.2, 0) is 4.79 Å². The van der Waals surface area contributed by atoms with Gasteiger partial charge in [0.05, 0.1) is 6.61 Å². The van der Waals surface area contributed by atoms with E-state index < -0.39 is 0 Å². The first-order chi connectivity index (χ1) is 10.2. The highest BCUT2D eigenvalue weighted by molar-refractivity contribution is 5.77. The molecule has 1 aliphatic rings. The minimum absolute atomic E-state index is 0.0167. The number of aliphatic hydroxyl groups is 1. The lowest BCUT2D eigenvalue weighted by atomic mass is 9.93. The predicted molar refractivity (Wildman–Crippen MR) is 83.7 cm³/mol. The third-order valence-corrected chi connectivity index (χ3v) is 4.30. The number of benzene rings is 1. The van der Waals surface area contributed by atoms with E-state index in [0.29, 0.717) is 13.0 Å². The summed E-state index contributed by atoms with van der Waals surface area (Å²) in [5.74, 6) is 0.0623. The third-order valence-electron chi connectivity index (χ3n) is 4.30. The van der Waals surface area contributed by atoms with Crippen LogP contribution in [0.1, 0.15) is 50.1 Å². The molecule has 0 saturated heterocycles. The Labute approximate surface area is 126 Å². The fourth-order valence-corrected chi connectivity index (χ4v) is 3.13. The van der Waals surface area contributed by atoms with E-state index in [1.54, 1.807) is 0 Å². The zero-order valence-corrected chi connectivity index (χ0v) is 12.6. The Kier molecular flexibility index (Phi) is 6.21. The standard InChI is InChI=1S/C17H26N2O2/c18-16(14-7-3-1-4-8-14)13-17(21)19(11-12-20)15-9-5-2-6-10-15/h1,3-4,7-8,15-16,20H,2,5-6,9-13,18H2. The topological polar surface area (TPSA) is 66.6 Å². The highest BCUT2D eigenvalue weighted by Crippen LogP contribution is 2.24. The van der Waals surface area contributed by atoms with Crippen molar-refractivity contribution >= 4 is 5.91 Å². The Morgan fingerprint density at radius 3 is 2.52 bits per heavy atom. The van der Waals surface area contributed by atoms with Crippen LogP contribution in [0.3, 0.4) is 0 Å². The van der Waals surface area contributed by atoms with Gasteiger partial charge in [0.2, 0.25) is 5.91 Å². The van der Waals surface area contributed by atoms with E-state index in [-0.39, 0.29) is 24.6 Å². The Balaban J connectivity index is 1.97. The first kappa shape index (κ1) is 16.0. The van der Waals surface area contributed by atoms with Crippen LogP contribution >= 0.6 is 0 Å². The molecule has 116 valence electrons. The van der Waals surface area contributed by atoms with Crippen molar-refractivity contribution in [2.75, 3.05) is 13.2 Å². The fraction of sp³-hybridized carbons (Fsp3) is 0.588. The molecule has 0 spiro atoms. The molecule has 0 radical (unpaired) electrons. The summed E-state index contributed by atoms with van der Waals surface area (Å²) >= 11 is 0. The molecular formula is C17H26N2O2. The summed E-state index contributed by atoms with van der Waals surface area (Å²) < 4.78 is 0. The zero-order chi connectivity index (χ0) is 15.1. The molecule has 21 heavy (non-hydrogen) atoms. The van der Waals surface area contributed by atoms with E-state index in [4.69, 9.17) is 5.73 Å². The van der Waals surface area contributed by atoms with E-state index in [1.807, 2.05) is 35.2 Å². The molecule has 3 N–H and O–H groups in total. The largest absolute Gasteiger partial charge is 0.395 e. The van der Waals surface area contributed by atoms with Crippen LogP contribution < -0.4 is 5.73 Å². The van der Waals surface area contributed by atoms with Gasteiger partial charge in [-0.05, 0) is 18.4 Å². The molecule has 4 nitrogen and oxygen atoms in total. The molecule has 1 aromatic carbocycles. The van der Waals surface area contributed by atoms with Crippen LogP contribution in [-0.4, -0.2) is 35.1 Å². The molecular weight excluding hydrogens is 264 g/mol. The number of aliphatic hydroxyl groups excluding tert-OH is 1. The number of rotatable bonds is 6. The van der Waals surface area contributed by atoms with E-state index >= 15 is 0 Å². The number of carbonyl (C=O) groups is 1. The fourth-order valence-electron chi connectivity index (χ4n) is 3.13. The van der Waals surface area contributed by atoms with Crippen molar-refractivity contribution in [2.24, 2.45) is 5.73 Å². The van der Waals surface area contributed by atoms with Gasteiger partial charge >= 0.3 is 0 Å². The summed E-state index contributed by atoms with van der Waals surface area (Å²) in [5, 5.41) is 9.24. The Morgan fingerprint density at radius 2 is 1.90 bits per heavy atom. The number of hydrogen-bond acceptors (Lipinski definition) is 3. The van der Waals surface area contributed by atoms with Gasteiger partial charge in [0.15, 0.2) is 0 Å². The molecule has 0 aromatic heterocycles. The molecule has 1 aromatic rings. The zero-order valence-electron chi connectivity index (χ0n) is 12.6. The van der Waals surface area contributed by atoms with Crippen molar-refractivity contribution in [3.63, 3.8) is 0 Å². The van der Waals surface area contributed by atoms with Gasteiger partial charge in [-0.15, -0.1) is 0 Å². The molecule has 0 heterocycles. The Hall–Kier alpha value is -1.39. The lowest BCUT2D eigenvalue weighted by Crippen LogP contribution is -2.44. The number of nitrogens with zero attached hydrogens (tertiary/aromatic N) is 1. The number of nitrogens with two attached hydrogens (primary N) is 1. The van der Waals surface area contributed by atoms with E-state index in [1.165, 1.54) is 19.3 Å². The van der Waals surface area contributed by atoms with E-state index in [2.05, 4.69) is 0 Å². The van der Waals surface area contributed by atoms with Gasteiger partial charge in [-0.25, -0.2) is 0 Å². The highest BCUT2D eigenvalue weighted by Gasteiger charge is 2.26. The van der Waals surface area contributed by atoms with Gasteiger partial charge in [-0.2, -0.15) is 0 Å². The number of amides is 1. The molecule has 1 amide bonds. The summed E-state index contributed by atoms with van der Waals surface area (Å²) in [7, 11) is 0. The van der Waals surface area contributed by atoms with Crippen molar-refractivity contribution in [1.82, 2.24) is 4.90 Å². The smallest absolute Gasteiger partial charge is 0.224 e. The first-order valence-corrected chi connectivity index (χ1v) is 7.93. The highest BCUT2D eigenvalue weighted by atomic mass is 16.3. The van der Waals surface area contributed by atoms with Gasteiger partial charge in [0.1, 0.15) is 0 Å². The van der Waals surface area contributed by atoms with Crippen LogP contribution in [0.5, 0.6) is 0 Å². The molecule has 0 bridgehead atoms.